The molecule has 3 nitrogen and oxygen atoms in total. The van der Waals surface area contributed by atoms with Crippen LogP contribution in [0.1, 0.15) is 13.3 Å². The molecule has 2 unspecified atom stereocenters. The highest BCUT2D eigenvalue weighted by atomic mass is 19.4. The van der Waals surface area contributed by atoms with Crippen molar-refractivity contribution in [1.29, 1.82) is 0 Å². The van der Waals surface area contributed by atoms with E-state index in [1.54, 1.807) is 0 Å². The second-order valence-corrected chi connectivity index (χ2v) is 2.75. The van der Waals surface area contributed by atoms with Crippen LogP contribution in [0.3, 0.4) is 0 Å². The predicted molar refractivity (Wildman–Crippen MR) is 35.2 cm³/mol. The molecular formula is C6H9F3N2O. The number of halogens is 3. The maximum absolute atomic E-state index is 12.0. The van der Waals surface area contributed by atoms with Gasteiger partial charge in [0.05, 0.1) is 12.6 Å². The lowest BCUT2D eigenvalue weighted by molar-refractivity contribution is -0.169. The zero-order chi connectivity index (χ0) is 9.35. The van der Waals surface area contributed by atoms with Crippen molar-refractivity contribution in [3.63, 3.8) is 0 Å². The van der Waals surface area contributed by atoms with Gasteiger partial charge >= 0.3 is 6.18 Å². The van der Waals surface area contributed by atoms with Crippen molar-refractivity contribution in [2.75, 3.05) is 0 Å². The molecule has 1 aliphatic rings. The van der Waals surface area contributed by atoms with Crippen LogP contribution in [-0.2, 0) is 4.79 Å². The first-order valence-corrected chi connectivity index (χ1v) is 3.51. The highest BCUT2D eigenvalue weighted by molar-refractivity contribution is 5.77. The largest absolute Gasteiger partial charge is 0.404 e. The van der Waals surface area contributed by atoms with Crippen LogP contribution in [0.5, 0.6) is 0 Å². The van der Waals surface area contributed by atoms with Gasteiger partial charge in [-0.3, -0.25) is 10.1 Å². The molecule has 70 valence electrons. The molecule has 1 amide bonds. The molecule has 2 atom stereocenters. The zero-order valence-corrected chi connectivity index (χ0v) is 6.40. The van der Waals surface area contributed by atoms with Gasteiger partial charge in [-0.05, 0) is 6.92 Å². The summed E-state index contributed by atoms with van der Waals surface area (Å²) in [5, 5.41) is 4.56. The van der Waals surface area contributed by atoms with Crippen LogP contribution in [0.4, 0.5) is 13.2 Å². The first-order chi connectivity index (χ1) is 5.39. The molecular weight excluding hydrogens is 173 g/mol. The molecule has 2 N–H and O–H groups in total. The van der Waals surface area contributed by atoms with Crippen LogP contribution in [0.2, 0.25) is 0 Å². The number of hydrogen-bond donors (Lipinski definition) is 2. The molecule has 1 rings (SSSR count). The van der Waals surface area contributed by atoms with Crippen molar-refractivity contribution in [2.45, 2.75) is 31.7 Å². The van der Waals surface area contributed by atoms with Crippen LogP contribution >= 0.6 is 0 Å². The van der Waals surface area contributed by atoms with E-state index in [-0.39, 0.29) is 0 Å². The van der Waals surface area contributed by atoms with Crippen molar-refractivity contribution in [2.24, 2.45) is 0 Å². The number of carbonyl (C=O) groups excluding carboxylic acids is 1. The van der Waals surface area contributed by atoms with E-state index in [0.717, 1.165) is 0 Å². The zero-order valence-electron chi connectivity index (χ0n) is 6.40. The Bertz CT molecular complexity index is 192. The van der Waals surface area contributed by atoms with Crippen LogP contribution in [-0.4, -0.2) is 24.3 Å². The van der Waals surface area contributed by atoms with Crippen LogP contribution in [0, 0.1) is 0 Å². The van der Waals surface area contributed by atoms with Gasteiger partial charge in [-0.2, -0.15) is 13.2 Å². The highest BCUT2D eigenvalue weighted by Crippen LogP contribution is 2.24. The summed E-state index contributed by atoms with van der Waals surface area (Å²) in [6, 6.07) is -1.71. The van der Waals surface area contributed by atoms with Crippen molar-refractivity contribution >= 4 is 5.91 Å². The van der Waals surface area contributed by atoms with Gasteiger partial charge in [-0.1, -0.05) is 0 Å². The minimum Gasteiger partial charge on any atom is -0.341 e. The molecule has 1 fully saturated rings. The molecule has 0 aromatic carbocycles. The Kier molecular flexibility index (Phi) is 2.27. The Morgan fingerprint density at radius 3 is 2.50 bits per heavy atom. The van der Waals surface area contributed by atoms with E-state index in [0.29, 0.717) is 0 Å². The van der Waals surface area contributed by atoms with E-state index in [1.165, 1.54) is 6.92 Å². The van der Waals surface area contributed by atoms with Crippen molar-refractivity contribution < 1.29 is 18.0 Å². The maximum atomic E-state index is 12.0. The summed E-state index contributed by atoms with van der Waals surface area (Å²) in [7, 11) is 0. The summed E-state index contributed by atoms with van der Waals surface area (Å²) in [6.07, 6.45) is -5.49. The summed E-state index contributed by atoms with van der Waals surface area (Å²) < 4.78 is 36.1. The van der Waals surface area contributed by atoms with Crippen molar-refractivity contribution in [3.05, 3.63) is 0 Å². The normalized spacial score (nSPS) is 31.5. The summed E-state index contributed by atoms with van der Waals surface area (Å²) in [5.74, 6) is -0.566. The second kappa shape index (κ2) is 2.93. The number of carbonyl (C=O) groups is 1. The summed E-state index contributed by atoms with van der Waals surface area (Å²) in [6.45, 7) is 1.47. The topological polar surface area (TPSA) is 41.1 Å². The van der Waals surface area contributed by atoms with E-state index in [4.69, 9.17) is 0 Å². The lowest BCUT2D eigenvalue weighted by Crippen LogP contribution is -2.59. The van der Waals surface area contributed by atoms with E-state index in [9.17, 15) is 18.0 Å². The molecule has 0 bridgehead atoms. The summed E-state index contributed by atoms with van der Waals surface area (Å²) >= 11 is 0. The Hall–Kier alpha value is -0.780. The quantitative estimate of drug-likeness (QED) is 0.568. The molecule has 1 aliphatic heterocycles. The molecule has 6 heteroatoms. The maximum Gasteiger partial charge on any atom is 0.404 e. The average molecular weight is 182 g/mol. The first-order valence-electron chi connectivity index (χ1n) is 3.51. The van der Waals surface area contributed by atoms with Gasteiger partial charge in [0, 0.05) is 0 Å². The standard InChI is InChI=1S/C6H9F3N2O/c1-3-10-4(6(7,8)9)2-5(12)11-3/h3-4,10H,2H2,1H3,(H,11,12). The van der Waals surface area contributed by atoms with Crippen molar-refractivity contribution in [3.8, 4) is 0 Å². The molecule has 0 saturated carbocycles. The monoisotopic (exact) mass is 182 g/mol. The molecule has 0 spiro atoms. The van der Waals surface area contributed by atoms with Gasteiger partial charge in [0.25, 0.3) is 0 Å². The summed E-state index contributed by atoms with van der Waals surface area (Å²) in [5.41, 5.74) is 0. The Morgan fingerprint density at radius 1 is 1.50 bits per heavy atom. The minimum absolute atomic E-state index is 0.534. The first kappa shape index (κ1) is 9.31. The van der Waals surface area contributed by atoms with Gasteiger partial charge in [0.15, 0.2) is 0 Å². The molecule has 0 radical (unpaired) electrons. The fraction of sp³-hybridized carbons (Fsp3) is 0.833. The molecule has 0 aliphatic carbocycles. The van der Waals surface area contributed by atoms with E-state index in [1.807, 2.05) is 0 Å². The smallest absolute Gasteiger partial charge is 0.341 e. The van der Waals surface area contributed by atoms with Gasteiger partial charge in [0.1, 0.15) is 6.04 Å². The van der Waals surface area contributed by atoms with E-state index in [2.05, 4.69) is 10.6 Å². The van der Waals surface area contributed by atoms with E-state index >= 15 is 0 Å². The number of alkyl halides is 3. The third-order valence-electron chi connectivity index (χ3n) is 1.61. The highest BCUT2D eigenvalue weighted by Gasteiger charge is 2.43. The molecule has 12 heavy (non-hydrogen) atoms. The molecule has 1 saturated heterocycles. The van der Waals surface area contributed by atoms with Crippen molar-refractivity contribution in [1.82, 2.24) is 10.6 Å². The van der Waals surface area contributed by atoms with Gasteiger partial charge in [-0.25, -0.2) is 0 Å². The SMILES string of the molecule is CC1NC(=O)CC(C(F)(F)F)N1. The predicted octanol–water partition coefficient (Wildman–Crippen LogP) is 0.373. The summed E-state index contributed by atoms with van der Waals surface area (Å²) in [4.78, 5) is 10.7. The van der Waals surface area contributed by atoms with E-state index < -0.39 is 30.7 Å². The second-order valence-electron chi connectivity index (χ2n) is 2.75. The van der Waals surface area contributed by atoms with Gasteiger partial charge < -0.3 is 5.32 Å². The third kappa shape index (κ3) is 2.10. The minimum atomic E-state index is -4.34. The molecule has 0 aromatic heterocycles. The number of amides is 1. The van der Waals surface area contributed by atoms with Gasteiger partial charge in [-0.15, -0.1) is 0 Å². The Balaban J connectivity index is 2.62. The number of nitrogens with one attached hydrogen (secondary N) is 2. The number of rotatable bonds is 0. The van der Waals surface area contributed by atoms with Crippen LogP contribution in [0.15, 0.2) is 0 Å². The molecule has 0 aromatic rings. The fourth-order valence-electron chi connectivity index (χ4n) is 1.10. The molecule has 1 heterocycles. The Morgan fingerprint density at radius 2 is 2.08 bits per heavy atom. The van der Waals surface area contributed by atoms with Crippen LogP contribution in [0.25, 0.3) is 0 Å². The fourth-order valence-corrected chi connectivity index (χ4v) is 1.10. The third-order valence-corrected chi connectivity index (χ3v) is 1.61. The van der Waals surface area contributed by atoms with Gasteiger partial charge in [0.2, 0.25) is 5.91 Å². The van der Waals surface area contributed by atoms with Crippen LogP contribution < -0.4 is 10.6 Å². The Labute approximate surface area is 67.3 Å². The number of hydrogen-bond acceptors (Lipinski definition) is 2. The lowest BCUT2D eigenvalue weighted by Gasteiger charge is -2.30. The lowest BCUT2D eigenvalue weighted by atomic mass is 10.1. The average Bonchev–Trinajstić information content (AvgIpc) is 1.82.